The summed E-state index contributed by atoms with van der Waals surface area (Å²) in [6.45, 7) is -0.244. The van der Waals surface area contributed by atoms with Crippen LogP contribution >= 0.6 is 15.9 Å². The fourth-order valence-corrected chi connectivity index (χ4v) is 2.54. The third kappa shape index (κ3) is 3.69. The molecule has 0 bridgehead atoms. The monoisotopic (exact) mass is 406 g/mol. The molecule has 0 unspecified atom stereocenters. The SMILES string of the molecule is COc1ccc(C(=O)OCc2cc(=O)n3cc(Br)ccc3n2)c(F)c1. The second-order valence-electron chi connectivity index (χ2n) is 5.08. The Morgan fingerprint density at radius 2 is 2.08 bits per heavy atom. The van der Waals surface area contributed by atoms with Gasteiger partial charge < -0.3 is 9.47 Å². The van der Waals surface area contributed by atoms with Crippen molar-refractivity contribution in [1.82, 2.24) is 9.38 Å². The third-order valence-electron chi connectivity index (χ3n) is 3.42. The molecule has 3 rings (SSSR count). The minimum Gasteiger partial charge on any atom is -0.497 e. The van der Waals surface area contributed by atoms with Gasteiger partial charge in [0.15, 0.2) is 0 Å². The standard InChI is InChI=1S/C17H12BrFN2O4/c1-24-12-3-4-13(14(19)7-12)17(23)25-9-11-6-16(22)21-8-10(18)2-5-15(21)20-11/h2-8H,9H2,1H3. The van der Waals surface area contributed by atoms with Gasteiger partial charge in [0, 0.05) is 22.8 Å². The Kier molecular flexibility index (Phi) is 4.80. The number of hydrogen-bond donors (Lipinski definition) is 0. The summed E-state index contributed by atoms with van der Waals surface area (Å²) in [5.74, 6) is -1.30. The van der Waals surface area contributed by atoms with Crippen LogP contribution in [0, 0.1) is 5.82 Å². The van der Waals surface area contributed by atoms with Gasteiger partial charge in [0.25, 0.3) is 5.56 Å². The summed E-state index contributed by atoms with van der Waals surface area (Å²) < 4.78 is 25.9. The average molecular weight is 407 g/mol. The van der Waals surface area contributed by atoms with E-state index in [2.05, 4.69) is 20.9 Å². The zero-order valence-corrected chi connectivity index (χ0v) is 14.6. The van der Waals surface area contributed by atoms with Crippen LogP contribution in [-0.2, 0) is 11.3 Å². The summed E-state index contributed by atoms with van der Waals surface area (Å²) in [5, 5.41) is 0. The molecule has 6 nitrogen and oxygen atoms in total. The van der Waals surface area contributed by atoms with Crippen molar-refractivity contribution in [3.8, 4) is 5.75 Å². The first-order valence-corrected chi connectivity index (χ1v) is 7.96. The molecule has 0 atom stereocenters. The van der Waals surface area contributed by atoms with Crippen molar-refractivity contribution in [3.63, 3.8) is 0 Å². The number of esters is 1. The van der Waals surface area contributed by atoms with E-state index in [-0.39, 0.29) is 23.4 Å². The number of hydrogen-bond acceptors (Lipinski definition) is 5. The van der Waals surface area contributed by atoms with Crippen LogP contribution in [0.5, 0.6) is 5.75 Å². The molecule has 0 N–H and O–H groups in total. The van der Waals surface area contributed by atoms with Crippen molar-refractivity contribution in [2.75, 3.05) is 7.11 Å². The fraction of sp³-hybridized carbons (Fsp3) is 0.118. The van der Waals surface area contributed by atoms with Crippen molar-refractivity contribution in [2.24, 2.45) is 0 Å². The maximum absolute atomic E-state index is 13.9. The number of carbonyl (C=O) groups is 1. The van der Waals surface area contributed by atoms with Crippen LogP contribution in [0.25, 0.3) is 5.65 Å². The summed E-state index contributed by atoms with van der Waals surface area (Å²) >= 11 is 3.28. The van der Waals surface area contributed by atoms with E-state index < -0.39 is 11.8 Å². The summed E-state index contributed by atoms with van der Waals surface area (Å²) in [4.78, 5) is 28.3. The Labute approximate surface area is 150 Å². The average Bonchev–Trinajstić information content (AvgIpc) is 2.60. The molecule has 2 aromatic heterocycles. The van der Waals surface area contributed by atoms with Gasteiger partial charge >= 0.3 is 5.97 Å². The maximum atomic E-state index is 13.9. The van der Waals surface area contributed by atoms with Gasteiger partial charge in [-0.25, -0.2) is 14.2 Å². The summed E-state index contributed by atoms with van der Waals surface area (Å²) in [5.41, 5.74) is 0.155. The first-order valence-electron chi connectivity index (χ1n) is 7.16. The molecule has 8 heteroatoms. The van der Waals surface area contributed by atoms with Crippen LogP contribution in [0.15, 0.2) is 51.9 Å². The quantitative estimate of drug-likeness (QED) is 0.622. The van der Waals surface area contributed by atoms with Gasteiger partial charge in [-0.3, -0.25) is 9.20 Å². The summed E-state index contributed by atoms with van der Waals surface area (Å²) in [6, 6.07) is 8.48. The van der Waals surface area contributed by atoms with Crippen molar-refractivity contribution < 1.29 is 18.7 Å². The van der Waals surface area contributed by atoms with Crippen molar-refractivity contribution in [1.29, 1.82) is 0 Å². The smallest absolute Gasteiger partial charge is 0.341 e. The number of carbonyl (C=O) groups excluding carboxylic acids is 1. The predicted octanol–water partition coefficient (Wildman–Crippen LogP) is 2.96. The minimum atomic E-state index is -0.849. The Balaban J connectivity index is 1.79. The van der Waals surface area contributed by atoms with Crippen LogP contribution in [-0.4, -0.2) is 22.5 Å². The van der Waals surface area contributed by atoms with Crippen molar-refractivity contribution in [2.45, 2.75) is 6.61 Å². The summed E-state index contributed by atoms with van der Waals surface area (Å²) in [7, 11) is 1.40. The van der Waals surface area contributed by atoms with Gasteiger partial charge in [-0.15, -0.1) is 0 Å². The van der Waals surface area contributed by atoms with Gasteiger partial charge in [0.1, 0.15) is 23.8 Å². The molecule has 0 aliphatic carbocycles. The van der Waals surface area contributed by atoms with Crippen LogP contribution in [0.3, 0.4) is 0 Å². The lowest BCUT2D eigenvalue weighted by molar-refractivity contribution is 0.0462. The third-order valence-corrected chi connectivity index (χ3v) is 3.89. The Hall–Kier alpha value is -2.74. The van der Waals surface area contributed by atoms with E-state index in [4.69, 9.17) is 9.47 Å². The number of methoxy groups -OCH3 is 1. The second kappa shape index (κ2) is 7.02. The van der Waals surface area contributed by atoms with Crippen LogP contribution in [0.1, 0.15) is 16.1 Å². The Bertz CT molecular complexity index is 1020. The van der Waals surface area contributed by atoms with Crippen LogP contribution < -0.4 is 10.3 Å². The highest BCUT2D eigenvalue weighted by atomic mass is 79.9. The van der Waals surface area contributed by atoms with Gasteiger partial charge in [0.05, 0.1) is 18.4 Å². The van der Waals surface area contributed by atoms with Crippen molar-refractivity contribution >= 4 is 27.5 Å². The van der Waals surface area contributed by atoms with E-state index in [1.807, 2.05) is 0 Å². The van der Waals surface area contributed by atoms with E-state index in [1.54, 1.807) is 18.3 Å². The van der Waals surface area contributed by atoms with Gasteiger partial charge in [-0.1, -0.05) is 0 Å². The van der Waals surface area contributed by atoms with Crippen LogP contribution in [0.2, 0.25) is 0 Å². The van der Waals surface area contributed by atoms with E-state index in [0.29, 0.717) is 11.4 Å². The number of pyridine rings is 1. The molecule has 0 saturated heterocycles. The van der Waals surface area contributed by atoms with E-state index >= 15 is 0 Å². The molecule has 0 saturated carbocycles. The molecule has 0 fully saturated rings. The first-order chi connectivity index (χ1) is 12.0. The number of fused-ring (bicyclic) bond motifs is 1. The maximum Gasteiger partial charge on any atom is 0.341 e. The first kappa shape index (κ1) is 17.1. The molecule has 0 radical (unpaired) electrons. The normalized spacial score (nSPS) is 10.7. The highest BCUT2D eigenvalue weighted by molar-refractivity contribution is 9.10. The van der Waals surface area contributed by atoms with Gasteiger partial charge in [-0.2, -0.15) is 0 Å². The van der Waals surface area contributed by atoms with E-state index in [0.717, 1.165) is 10.5 Å². The lowest BCUT2D eigenvalue weighted by Gasteiger charge is -2.08. The lowest BCUT2D eigenvalue weighted by atomic mass is 10.2. The molecule has 0 aliphatic heterocycles. The number of rotatable bonds is 4. The molecular formula is C17H12BrFN2O4. The van der Waals surface area contributed by atoms with Crippen LogP contribution in [0.4, 0.5) is 4.39 Å². The molecule has 0 spiro atoms. The Morgan fingerprint density at radius 3 is 2.80 bits per heavy atom. The molecule has 3 aromatic rings. The largest absolute Gasteiger partial charge is 0.497 e. The number of nitrogens with zero attached hydrogens (tertiary/aromatic N) is 2. The minimum absolute atomic E-state index is 0.220. The number of aromatic nitrogens is 2. The van der Waals surface area contributed by atoms with E-state index in [1.165, 1.54) is 29.7 Å². The highest BCUT2D eigenvalue weighted by Crippen LogP contribution is 2.17. The molecule has 25 heavy (non-hydrogen) atoms. The van der Waals surface area contributed by atoms with Crippen molar-refractivity contribution in [3.05, 3.63) is 74.5 Å². The second-order valence-corrected chi connectivity index (χ2v) is 6.00. The highest BCUT2D eigenvalue weighted by Gasteiger charge is 2.15. The summed E-state index contributed by atoms with van der Waals surface area (Å²) in [6.07, 6.45) is 1.59. The van der Waals surface area contributed by atoms with E-state index in [9.17, 15) is 14.0 Å². The zero-order valence-electron chi connectivity index (χ0n) is 13.0. The molecule has 128 valence electrons. The molecule has 0 amide bonds. The number of benzene rings is 1. The number of halogens is 2. The van der Waals surface area contributed by atoms with Gasteiger partial charge in [0.2, 0.25) is 0 Å². The topological polar surface area (TPSA) is 69.9 Å². The molecular weight excluding hydrogens is 395 g/mol. The molecule has 0 aliphatic rings. The van der Waals surface area contributed by atoms with Gasteiger partial charge in [-0.05, 0) is 40.2 Å². The molecule has 1 aromatic carbocycles. The predicted molar refractivity (Wildman–Crippen MR) is 91.2 cm³/mol. The Morgan fingerprint density at radius 1 is 1.28 bits per heavy atom. The number of ether oxygens (including phenoxy) is 2. The fourth-order valence-electron chi connectivity index (χ4n) is 2.21. The lowest BCUT2D eigenvalue weighted by Crippen LogP contribution is -2.17. The molecule has 2 heterocycles. The zero-order chi connectivity index (χ0) is 18.0.